The van der Waals surface area contributed by atoms with Gasteiger partial charge in [0.05, 0.1) is 0 Å². The normalized spacial score (nSPS) is 12.4. The van der Waals surface area contributed by atoms with Crippen LogP contribution >= 0.6 is 34.2 Å². The van der Waals surface area contributed by atoms with Gasteiger partial charge in [-0.3, -0.25) is 0 Å². The number of rotatable bonds is 5. The Bertz CT molecular complexity index is 507. The molecule has 0 heterocycles. The van der Waals surface area contributed by atoms with Gasteiger partial charge < -0.3 is 5.32 Å². The molecule has 0 spiro atoms. The molecule has 0 saturated heterocycles. The van der Waals surface area contributed by atoms with Crippen molar-refractivity contribution in [3.05, 3.63) is 68.3 Å². The second-order valence-electron chi connectivity index (χ2n) is 4.64. The Kier molecular flexibility index (Phi) is 5.67. The average Bonchev–Trinajstić information content (AvgIpc) is 2.42. The van der Waals surface area contributed by atoms with E-state index in [0.29, 0.717) is 5.92 Å². The Labute approximate surface area is 133 Å². The van der Waals surface area contributed by atoms with Gasteiger partial charge >= 0.3 is 0 Å². The molecule has 3 heteroatoms. The molecule has 0 saturated carbocycles. The van der Waals surface area contributed by atoms with E-state index < -0.39 is 0 Å². The Morgan fingerprint density at radius 3 is 2.26 bits per heavy atom. The maximum Gasteiger partial charge on any atom is 0.0406 e. The minimum atomic E-state index is 0.474. The standard InChI is InChI=1S/C16H17ClIN/c1-19-11-14(13-4-6-15(17)7-5-13)10-12-2-8-16(18)9-3-12/h2-9,14,19H,10-11H2,1H3. The van der Waals surface area contributed by atoms with Crippen molar-refractivity contribution in [2.75, 3.05) is 13.6 Å². The van der Waals surface area contributed by atoms with Crippen LogP contribution in [0.25, 0.3) is 0 Å². The van der Waals surface area contributed by atoms with E-state index in [4.69, 9.17) is 11.6 Å². The van der Waals surface area contributed by atoms with Gasteiger partial charge in [-0.25, -0.2) is 0 Å². The molecule has 2 aromatic rings. The lowest BCUT2D eigenvalue weighted by molar-refractivity contribution is 0.626. The number of likely N-dealkylation sites (N-methyl/N-ethyl adjacent to an activating group) is 1. The Morgan fingerprint density at radius 2 is 1.68 bits per heavy atom. The van der Waals surface area contributed by atoms with E-state index in [1.54, 1.807) is 0 Å². The molecule has 0 aromatic heterocycles. The number of hydrogen-bond acceptors (Lipinski definition) is 1. The smallest absolute Gasteiger partial charge is 0.0406 e. The van der Waals surface area contributed by atoms with Crippen LogP contribution in [0.2, 0.25) is 5.02 Å². The highest BCUT2D eigenvalue weighted by atomic mass is 127. The molecule has 2 rings (SSSR count). The molecule has 19 heavy (non-hydrogen) atoms. The van der Waals surface area contributed by atoms with E-state index >= 15 is 0 Å². The SMILES string of the molecule is CNCC(Cc1ccc(I)cc1)c1ccc(Cl)cc1. The summed E-state index contributed by atoms with van der Waals surface area (Å²) in [6.45, 7) is 0.966. The first-order chi connectivity index (χ1) is 9.19. The molecule has 1 atom stereocenters. The van der Waals surface area contributed by atoms with Gasteiger partial charge in [0.25, 0.3) is 0 Å². The van der Waals surface area contributed by atoms with Crippen molar-refractivity contribution in [2.24, 2.45) is 0 Å². The molecular weight excluding hydrogens is 369 g/mol. The molecule has 1 unspecified atom stereocenters. The highest BCUT2D eigenvalue weighted by Crippen LogP contribution is 2.22. The summed E-state index contributed by atoms with van der Waals surface area (Å²) < 4.78 is 1.28. The van der Waals surface area contributed by atoms with Gasteiger partial charge in [0.2, 0.25) is 0 Å². The second kappa shape index (κ2) is 7.27. The van der Waals surface area contributed by atoms with Crippen LogP contribution in [-0.2, 0) is 6.42 Å². The van der Waals surface area contributed by atoms with Crippen LogP contribution in [0.1, 0.15) is 17.0 Å². The van der Waals surface area contributed by atoms with Crippen LogP contribution in [0.3, 0.4) is 0 Å². The molecule has 0 fully saturated rings. The van der Waals surface area contributed by atoms with Crippen molar-refractivity contribution in [3.8, 4) is 0 Å². The summed E-state index contributed by atoms with van der Waals surface area (Å²) in [5.41, 5.74) is 2.70. The lowest BCUT2D eigenvalue weighted by atomic mass is 9.92. The van der Waals surface area contributed by atoms with Gasteiger partial charge in [0.15, 0.2) is 0 Å². The highest BCUT2D eigenvalue weighted by molar-refractivity contribution is 14.1. The van der Waals surface area contributed by atoms with E-state index in [-0.39, 0.29) is 0 Å². The van der Waals surface area contributed by atoms with E-state index in [9.17, 15) is 0 Å². The number of benzene rings is 2. The zero-order chi connectivity index (χ0) is 13.7. The lowest BCUT2D eigenvalue weighted by Gasteiger charge is -2.17. The van der Waals surface area contributed by atoms with Crippen molar-refractivity contribution >= 4 is 34.2 Å². The third-order valence-electron chi connectivity index (χ3n) is 3.19. The summed E-state index contributed by atoms with van der Waals surface area (Å²) in [6.07, 6.45) is 1.04. The maximum absolute atomic E-state index is 5.95. The molecule has 100 valence electrons. The van der Waals surface area contributed by atoms with Crippen molar-refractivity contribution < 1.29 is 0 Å². The van der Waals surface area contributed by atoms with E-state index in [1.807, 2.05) is 19.2 Å². The molecule has 2 aromatic carbocycles. The van der Waals surface area contributed by atoms with E-state index in [1.165, 1.54) is 14.7 Å². The van der Waals surface area contributed by atoms with Gasteiger partial charge in [-0.05, 0) is 71.5 Å². The summed E-state index contributed by atoms with van der Waals surface area (Å²) in [5.74, 6) is 0.474. The zero-order valence-electron chi connectivity index (χ0n) is 10.9. The predicted octanol–water partition coefficient (Wildman–Crippen LogP) is 4.49. The molecule has 0 radical (unpaired) electrons. The molecule has 1 N–H and O–H groups in total. The van der Waals surface area contributed by atoms with Crippen molar-refractivity contribution in [1.29, 1.82) is 0 Å². The average molecular weight is 386 g/mol. The van der Waals surface area contributed by atoms with Crippen LogP contribution in [0.4, 0.5) is 0 Å². The molecule has 0 amide bonds. The third-order valence-corrected chi connectivity index (χ3v) is 4.16. The Morgan fingerprint density at radius 1 is 1.05 bits per heavy atom. The van der Waals surface area contributed by atoms with Crippen LogP contribution in [0.15, 0.2) is 48.5 Å². The Hall–Kier alpha value is -0.580. The van der Waals surface area contributed by atoms with Gasteiger partial charge in [0, 0.05) is 21.1 Å². The Balaban J connectivity index is 2.15. The molecule has 1 nitrogen and oxygen atoms in total. The first-order valence-electron chi connectivity index (χ1n) is 6.33. The quantitative estimate of drug-likeness (QED) is 0.748. The minimum absolute atomic E-state index is 0.474. The third kappa shape index (κ3) is 4.48. The van der Waals surface area contributed by atoms with Crippen LogP contribution < -0.4 is 5.32 Å². The van der Waals surface area contributed by atoms with Gasteiger partial charge in [-0.15, -0.1) is 0 Å². The first kappa shape index (κ1) is 14.8. The van der Waals surface area contributed by atoms with Crippen molar-refractivity contribution in [2.45, 2.75) is 12.3 Å². The molecular formula is C16H17ClIN. The van der Waals surface area contributed by atoms with Gasteiger partial charge in [-0.2, -0.15) is 0 Å². The molecule has 0 bridgehead atoms. The monoisotopic (exact) mass is 385 g/mol. The summed E-state index contributed by atoms with van der Waals surface area (Å²) in [5, 5.41) is 4.07. The number of hydrogen-bond donors (Lipinski definition) is 1. The van der Waals surface area contributed by atoms with Crippen molar-refractivity contribution in [3.63, 3.8) is 0 Å². The summed E-state index contributed by atoms with van der Waals surface area (Å²) >= 11 is 8.29. The fourth-order valence-electron chi connectivity index (χ4n) is 2.19. The molecule has 0 aliphatic rings. The fourth-order valence-corrected chi connectivity index (χ4v) is 2.68. The first-order valence-corrected chi connectivity index (χ1v) is 7.79. The van der Waals surface area contributed by atoms with E-state index in [0.717, 1.165) is 18.0 Å². The zero-order valence-corrected chi connectivity index (χ0v) is 13.8. The largest absolute Gasteiger partial charge is 0.319 e. The van der Waals surface area contributed by atoms with Gasteiger partial charge in [0.1, 0.15) is 0 Å². The van der Waals surface area contributed by atoms with E-state index in [2.05, 4.69) is 64.3 Å². The highest BCUT2D eigenvalue weighted by Gasteiger charge is 2.11. The topological polar surface area (TPSA) is 12.0 Å². The lowest BCUT2D eigenvalue weighted by Crippen LogP contribution is -2.19. The van der Waals surface area contributed by atoms with Crippen LogP contribution in [0, 0.1) is 3.57 Å². The van der Waals surface area contributed by atoms with Crippen molar-refractivity contribution in [1.82, 2.24) is 5.32 Å². The molecule has 0 aliphatic heterocycles. The summed E-state index contributed by atoms with van der Waals surface area (Å²) in [6, 6.07) is 16.9. The summed E-state index contributed by atoms with van der Waals surface area (Å²) in [7, 11) is 2.00. The number of halogens is 2. The summed E-state index contributed by atoms with van der Waals surface area (Å²) in [4.78, 5) is 0. The molecule has 0 aliphatic carbocycles. The predicted molar refractivity (Wildman–Crippen MR) is 91.0 cm³/mol. The van der Waals surface area contributed by atoms with Crippen LogP contribution in [-0.4, -0.2) is 13.6 Å². The number of nitrogens with one attached hydrogen (secondary N) is 1. The maximum atomic E-state index is 5.95. The van der Waals surface area contributed by atoms with Crippen LogP contribution in [0.5, 0.6) is 0 Å². The van der Waals surface area contributed by atoms with Gasteiger partial charge in [-0.1, -0.05) is 35.9 Å². The fraction of sp³-hybridized carbons (Fsp3) is 0.250. The second-order valence-corrected chi connectivity index (χ2v) is 6.32. The minimum Gasteiger partial charge on any atom is -0.319 e.